The zero-order valence-corrected chi connectivity index (χ0v) is 14.6. The van der Waals surface area contributed by atoms with Crippen molar-refractivity contribution in [3.05, 3.63) is 30.1 Å². The second kappa shape index (κ2) is 8.05. The van der Waals surface area contributed by atoms with Gasteiger partial charge in [-0.15, -0.1) is 0 Å². The van der Waals surface area contributed by atoms with Crippen molar-refractivity contribution in [3.63, 3.8) is 0 Å². The Labute approximate surface area is 143 Å². The number of carbonyl (C=O) groups is 1. The van der Waals surface area contributed by atoms with E-state index in [0.717, 1.165) is 44.8 Å². The molecule has 0 N–H and O–H groups in total. The smallest absolute Gasteiger partial charge is 0.251 e. The van der Waals surface area contributed by atoms with Gasteiger partial charge in [0.15, 0.2) is 0 Å². The molecule has 0 radical (unpaired) electrons. The Bertz CT molecular complexity index is 540. The second-order valence-corrected chi connectivity index (χ2v) is 6.76. The highest BCUT2D eigenvalue weighted by atomic mass is 16.5. The van der Waals surface area contributed by atoms with Gasteiger partial charge in [-0.1, -0.05) is 6.07 Å². The average Bonchev–Trinajstić information content (AvgIpc) is 3.03. The fourth-order valence-corrected chi connectivity index (χ4v) is 3.64. The molecule has 0 spiro atoms. The van der Waals surface area contributed by atoms with Crippen LogP contribution in [0.15, 0.2) is 24.4 Å². The maximum Gasteiger partial charge on any atom is 0.251 e. The lowest BCUT2D eigenvalue weighted by Crippen LogP contribution is -2.43. The number of fused-ring (bicyclic) bond motifs is 1. The van der Waals surface area contributed by atoms with Gasteiger partial charge in [0, 0.05) is 33.4 Å². The molecule has 0 saturated carbocycles. The molecule has 0 unspecified atom stereocenters. The Morgan fingerprint density at radius 2 is 2.38 bits per heavy atom. The molecule has 0 bridgehead atoms. The number of rotatable bonds is 6. The van der Waals surface area contributed by atoms with E-state index < -0.39 is 0 Å². The minimum Gasteiger partial charge on any atom is -0.383 e. The van der Waals surface area contributed by atoms with E-state index in [9.17, 15) is 4.79 Å². The number of nitrogens with zero attached hydrogens (tertiary/aromatic N) is 3. The second-order valence-electron chi connectivity index (χ2n) is 6.76. The predicted molar refractivity (Wildman–Crippen MR) is 90.4 cm³/mol. The van der Waals surface area contributed by atoms with Gasteiger partial charge in [0.25, 0.3) is 5.91 Å². The van der Waals surface area contributed by atoms with Crippen molar-refractivity contribution in [1.29, 1.82) is 0 Å². The molecule has 6 nitrogen and oxygen atoms in total. The number of carbonyl (C=O) groups excluding carboxylic acids is 1. The van der Waals surface area contributed by atoms with Crippen molar-refractivity contribution < 1.29 is 14.3 Å². The zero-order chi connectivity index (χ0) is 16.9. The molecule has 24 heavy (non-hydrogen) atoms. The Morgan fingerprint density at radius 3 is 3.12 bits per heavy atom. The van der Waals surface area contributed by atoms with Crippen LogP contribution in [-0.4, -0.2) is 73.3 Å². The van der Waals surface area contributed by atoms with Gasteiger partial charge in [0.05, 0.1) is 24.9 Å². The van der Waals surface area contributed by atoms with Crippen LogP contribution in [0.5, 0.6) is 0 Å². The summed E-state index contributed by atoms with van der Waals surface area (Å²) >= 11 is 0. The first-order valence-electron chi connectivity index (χ1n) is 8.69. The summed E-state index contributed by atoms with van der Waals surface area (Å²) in [5.41, 5.74) is 0.898. The molecule has 2 saturated heterocycles. The molecule has 0 aromatic carbocycles. The van der Waals surface area contributed by atoms with E-state index in [-0.39, 0.29) is 18.1 Å². The van der Waals surface area contributed by atoms with Crippen molar-refractivity contribution in [2.45, 2.75) is 31.6 Å². The average molecular weight is 333 g/mol. The summed E-state index contributed by atoms with van der Waals surface area (Å²) < 4.78 is 11.3. The Morgan fingerprint density at radius 1 is 1.50 bits per heavy atom. The standard InChI is InChI=1S/C18H27N3O3/c1-20(12-15-5-3-4-7-19-15)18(22)16-11-14-6-8-21(9-10-23-2)13-17(14)24-16/h3-5,7,14,16-17H,6,8-13H2,1-2H3/t14-,16-,17+/m0/s1. The minimum absolute atomic E-state index is 0.0681. The van der Waals surface area contributed by atoms with Gasteiger partial charge in [0.2, 0.25) is 0 Å². The van der Waals surface area contributed by atoms with Gasteiger partial charge in [-0.25, -0.2) is 0 Å². The van der Waals surface area contributed by atoms with E-state index in [0.29, 0.717) is 12.5 Å². The summed E-state index contributed by atoms with van der Waals surface area (Å²) in [6.45, 7) is 4.17. The van der Waals surface area contributed by atoms with Crippen LogP contribution >= 0.6 is 0 Å². The van der Waals surface area contributed by atoms with Crippen LogP contribution in [0, 0.1) is 5.92 Å². The van der Waals surface area contributed by atoms with Crippen LogP contribution in [0.25, 0.3) is 0 Å². The van der Waals surface area contributed by atoms with E-state index in [2.05, 4.69) is 9.88 Å². The molecule has 3 rings (SSSR count). The molecule has 3 atom stereocenters. The fourth-order valence-electron chi connectivity index (χ4n) is 3.64. The molecule has 132 valence electrons. The number of amides is 1. The Kier molecular flexibility index (Phi) is 5.81. The maximum absolute atomic E-state index is 12.7. The van der Waals surface area contributed by atoms with E-state index in [4.69, 9.17) is 9.47 Å². The fraction of sp³-hybridized carbons (Fsp3) is 0.667. The van der Waals surface area contributed by atoms with Crippen molar-refractivity contribution in [2.75, 3.05) is 40.4 Å². The molecule has 1 amide bonds. The first-order valence-corrected chi connectivity index (χ1v) is 8.69. The molecule has 1 aromatic heterocycles. The summed E-state index contributed by atoms with van der Waals surface area (Å²) in [7, 11) is 3.55. The third kappa shape index (κ3) is 4.12. The lowest BCUT2D eigenvalue weighted by Gasteiger charge is -2.33. The number of hydrogen-bond acceptors (Lipinski definition) is 5. The van der Waals surface area contributed by atoms with Crippen LogP contribution < -0.4 is 0 Å². The number of pyridine rings is 1. The molecule has 6 heteroatoms. The quantitative estimate of drug-likeness (QED) is 0.782. The Hall–Kier alpha value is -1.50. The highest BCUT2D eigenvalue weighted by molar-refractivity contribution is 5.81. The first kappa shape index (κ1) is 17.3. The highest BCUT2D eigenvalue weighted by Crippen LogP contribution is 2.33. The molecule has 2 fully saturated rings. The number of likely N-dealkylation sites (tertiary alicyclic amines) is 1. The highest BCUT2D eigenvalue weighted by Gasteiger charge is 2.42. The summed E-state index contributed by atoms with van der Waals surface area (Å²) in [4.78, 5) is 21.1. The number of likely N-dealkylation sites (N-methyl/N-ethyl adjacent to an activating group) is 1. The Balaban J connectivity index is 1.52. The monoisotopic (exact) mass is 333 g/mol. The first-order chi connectivity index (χ1) is 11.7. The molecule has 0 aliphatic carbocycles. The van der Waals surface area contributed by atoms with Crippen molar-refractivity contribution in [2.24, 2.45) is 5.92 Å². The third-order valence-corrected chi connectivity index (χ3v) is 5.02. The van der Waals surface area contributed by atoms with Gasteiger partial charge in [-0.05, 0) is 37.4 Å². The lowest BCUT2D eigenvalue weighted by atomic mass is 9.91. The van der Waals surface area contributed by atoms with Crippen molar-refractivity contribution in [1.82, 2.24) is 14.8 Å². The van der Waals surface area contributed by atoms with Gasteiger partial charge in [-0.2, -0.15) is 0 Å². The molecule has 2 aliphatic rings. The summed E-state index contributed by atoms with van der Waals surface area (Å²) in [5.74, 6) is 0.569. The third-order valence-electron chi connectivity index (χ3n) is 5.02. The molecule has 2 aliphatic heterocycles. The van der Waals surface area contributed by atoms with E-state index in [1.165, 1.54) is 0 Å². The largest absolute Gasteiger partial charge is 0.383 e. The van der Waals surface area contributed by atoms with Crippen LogP contribution in [0.3, 0.4) is 0 Å². The van der Waals surface area contributed by atoms with E-state index in [1.807, 2.05) is 25.2 Å². The van der Waals surface area contributed by atoms with Gasteiger partial charge < -0.3 is 14.4 Å². The van der Waals surface area contributed by atoms with Crippen LogP contribution in [-0.2, 0) is 20.8 Å². The van der Waals surface area contributed by atoms with Gasteiger partial charge in [0.1, 0.15) is 6.10 Å². The lowest BCUT2D eigenvalue weighted by molar-refractivity contribution is -0.143. The number of piperidine rings is 1. The SMILES string of the molecule is COCCN1CC[C@H]2C[C@@H](C(=O)N(C)Cc3ccccn3)O[C@@H]2C1. The number of ether oxygens (including phenoxy) is 2. The molecular formula is C18H27N3O3. The minimum atomic E-state index is -0.309. The molecular weight excluding hydrogens is 306 g/mol. The topological polar surface area (TPSA) is 54.9 Å². The maximum atomic E-state index is 12.7. The molecule has 3 heterocycles. The number of hydrogen-bond donors (Lipinski definition) is 0. The summed E-state index contributed by atoms with van der Waals surface area (Å²) in [5, 5.41) is 0. The molecule has 1 aromatic rings. The predicted octanol–water partition coefficient (Wildman–Crippen LogP) is 1.17. The van der Waals surface area contributed by atoms with Crippen molar-refractivity contribution in [3.8, 4) is 0 Å². The van der Waals surface area contributed by atoms with Gasteiger partial charge in [-0.3, -0.25) is 14.7 Å². The summed E-state index contributed by atoms with van der Waals surface area (Å²) in [6, 6.07) is 5.76. The van der Waals surface area contributed by atoms with Crippen molar-refractivity contribution >= 4 is 5.91 Å². The number of methoxy groups -OCH3 is 1. The van der Waals surface area contributed by atoms with Crippen LogP contribution in [0.4, 0.5) is 0 Å². The summed E-state index contributed by atoms with van der Waals surface area (Å²) in [6.07, 6.45) is 3.56. The van der Waals surface area contributed by atoms with Gasteiger partial charge >= 0.3 is 0 Å². The zero-order valence-electron chi connectivity index (χ0n) is 14.6. The van der Waals surface area contributed by atoms with Crippen LogP contribution in [0.1, 0.15) is 18.5 Å². The van der Waals surface area contributed by atoms with E-state index >= 15 is 0 Å². The van der Waals surface area contributed by atoms with E-state index in [1.54, 1.807) is 18.2 Å². The normalized spacial score (nSPS) is 27.0. The van der Waals surface area contributed by atoms with Crippen LogP contribution in [0.2, 0.25) is 0 Å². The number of aromatic nitrogens is 1.